The second kappa shape index (κ2) is 7.09. The summed E-state index contributed by atoms with van der Waals surface area (Å²) in [5, 5.41) is -0.547. The number of pyridine rings is 1. The van der Waals surface area contributed by atoms with E-state index in [-0.39, 0.29) is 11.3 Å². The molecule has 8 nitrogen and oxygen atoms in total. The first-order valence-electron chi connectivity index (χ1n) is 6.77. The third kappa shape index (κ3) is 4.07. The number of nitrogens with one attached hydrogen (secondary N) is 1. The molecule has 2 rings (SSSR count). The van der Waals surface area contributed by atoms with Crippen LogP contribution in [-0.4, -0.2) is 44.4 Å². The van der Waals surface area contributed by atoms with Gasteiger partial charge >= 0.3 is 6.09 Å². The summed E-state index contributed by atoms with van der Waals surface area (Å²) < 4.78 is 31.3. The van der Waals surface area contributed by atoms with Gasteiger partial charge in [0.15, 0.2) is 5.03 Å². The fraction of sp³-hybridized carbons (Fsp3) is 0.133. The van der Waals surface area contributed by atoms with E-state index in [0.717, 1.165) is 0 Å². The van der Waals surface area contributed by atoms with E-state index in [4.69, 9.17) is 4.74 Å². The first-order chi connectivity index (χ1) is 11.3. The Kier molecular flexibility index (Phi) is 5.14. The topological polar surface area (TPSA) is 106 Å². The molecule has 9 heteroatoms. The zero-order chi connectivity index (χ0) is 17.7. The Bertz CT molecular complexity index is 850. The molecular formula is C15H15N3O5S. The lowest BCUT2D eigenvalue weighted by Crippen LogP contribution is -2.35. The highest BCUT2D eigenvalue weighted by atomic mass is 32.2. The highest BCUT2D eigenvalue weighted by Crippen LogP contribution is 2.15. The molecule has 0 radical (unpaired) electrons. The molecule has 0 fully saturated rings. The van der Waals surface area contributed by atoms with E-state index in [9.17, 15) is 18.0 Å². The lowest BCUT2D eigenvalue weighted by Gasteiger charge is -2.13. The van der Waals surface area contributed by atoms with Crippen LogP contribution >= 0.6 is 0 Å². The van der Waals surface area contributed by atoms with Gasteiger partial charge in [-0.15, -0.1) is 0 Å². The van der Waals surface area contributed by atoms with Gasteiger partial charge in [0.05, 0.1) is 5.56 Å². The number of ether oxygens (including phenoxy) is 1. The Morgan fingerprint density at radius 3 is 2.38 bits per heavy atom. The Morgan fingerprint density at radius 1 is 1.08 bits per heavy atom. The van der Waals surface area contributed by atoms with Crippen molar-refractivity contribution in [3.63, 3.8) is 0 Å². The molecule has 1 aromatic carbocycles. The Hall–Kier alpha value is -2.94. The predicted octanol–water partition coefficient (Wildman–Crippen LogP) is 1.26. The number of carbonyl (C=O) groups excluding carboxylic acids is 2. The molecule has 126 valence electrons. The molecule has 1 aromatic heterocycles. The highest BCUT2D eigenvalue weighted by molar-refractivity contribution is 7.90. The quantitative estimate of drug-likeness (QED) is 0.891. The Morgan fingerprint density at radius 2 is 1.75 bits per heavy atom. The van der Waals surface area contributed by atoms with E-state index in [0.29, 0.717) is 0 Å². The number of nitrogens with zero attached hydrogens (tertiary/aromatic N) is 2. The molecule has 1 heterocycles. The van der Waals surface area contributed by atoms with Crippen LogP contribution in [0, 0.1) is 0 Å². The predicted molar refractivity (Wildman–Crippen MR) is 85.0 cm³/mol. The summed E-state index contributed by atoms with van der Waals surface area (Å²) in [5.41, 5.74) is -0.150. The van der Waals surface area contributed by atoms with Crippen molar-refractivity contribution in [1.29, 1.82) is 0 Å². The molecule has 2 amide bonds. The monoisotopic (exact) mass is 349 g/mol. The highest BCUT2D eigenvalue weighted by Gasteiger charge is 2.27. The molecule has 0 aliphatic carbocycles. The minimum Gasteiger partial charge on any atom is -0.410 e. The number of amides is 2. The van der Waals surface area contributed by atoms with Crippen molar-refractivity contribution in [1.82, 2.24) is 14.6 Å². The van der Waals surface area contributed by atoms with Crippen LogP contribution in [0.15, 0.2) is 53.7 Å². The minimum atomic E-state index is -4.37. The normalized spacial score (nSPS) is 10.8. The maximum Gasteiger partial charge on any atom is 0.426 e. The van der Waals surface area contributed by atoms with Crippen LogP contribution < -0.4 is 9.46 Å². The first kappa shape index (κ1) is 17.4. The average Bonchev–Trinajstić information content (AvgIpc) is 2.54. The summed E-state index contributed by atoms with van der Waals surface area (Å²) >= 11 is 0. The van der Waals surface area contributed by atoms with Gasteiger partial charge in [0.1, 0.15) is 5.75 Å². The molecule has 0 unspecified atom stereocenters. The van der Waals surface area contributed by atoms with Crippen molar-refractivity contribution in [2.75, 3.05) is 14.1 Å². The van der Waals surface area contributed by atoms with Gasteiger partial charge < -0.3 is 9.64 Å². The van der Waals surface area contributed by atoms with Gasteiger partial charge in [-0.25, -0.2) is 14.5 Å². The Balaban J connectivity index is 2.25. The van der Waals surface area contributed by atoms with Crippen molar-refractivity contribution in [2.45, 2.75) is 5.03 Å². The summed E-state index contributed by atoms with van der Waals surface area (Å²) in [5.74, 6) is -0.379. The van der Waals surface area contributed by atoms with Crippen LogP contribution in [0.5, 0.6) is 5.75 Å². The van der Waals surface area contributed by atoms with Crippen LogP contribution in [-0.2, 0) is 10.0 Å². The van der Waals surface area contributed by atoms with E-state index >= 15 is 0 Å². The number of benzene rings is 1. The van der Waals surface area contributed by atoms with Gasteiger partial charge in [0, 0.05) is 20.3 Å². The smallest absolute Gasteiger partial charge is 0.410 e. The number of sulfonamides is 1. The second-order valence-corrected chi connectivity index (χ2v) is 6.46. The van der Waals surface area contributed by atoms with Crippen molar-refractivity contribution in [3.8, 4) is 5.75 Å². The van der Waals surface area contributed by atoms with Crippen molar-refractivity contribution >= 4 is 22.0 Å². The number of carbonyl (C=O) groups is 2. The van der Waals surface area contributed by atoms with Crippen molar-refractivity contribution in [3.05, 3.63) is 54.2 Å². The number of rotatable bonds is 4. The molecule has 0 atom stereocenters. The van der Waals surface area contributed by atoms with Crippen LogP contribution in [0.2, 0.25) is 0 Å². The minimum absolute atomic E-state index is 0.150. The second-order valence-electron chi connectivity index (χ2n) is 4.86. The van der Waals surface area contributed by atoms with E-state index < -0.39 is 27.0 Å². The zero-order valence-electron chi connectivity index (χ0n) is 13.0. The number of para-hydroxylation sites is 1. The number of hydrogen-bond donors (Lipinski definition) is 1. The summed E-state index contributed by atoms with van der Waals surface area (Å²) in [6, 6.07) is 10.7. The molecular weight excluding hydrogens is 334 g/mol. The van der Waals surface area contributed by atoms with E-state index in [1.54, 1.807) is 22.9 Å². The van der Waals surface area contributed by atoms with Gasteiger partial charge in [-0.1, -0.05) is 18.2 Å². The molecule has 0 aliphatic rings. The maximum atomic E-state index is 12.3. The molecule has 0 bridgehead atoms. The maximum absolute atomic E-state index is 12.3. The number of hydrogen-bond acceptors (Lipinski definition) is 6. The van der Waals surface area contributed by atoms with Gasteiger partial charge in [-0.05, 0) is 24.3 Å². The van der Waals surface area contributed by atoms with Crippen molar-refractivity contribution in [2.24, 2.45) is 0 Å². The van der Waals surface area contributed by atoms with Crippen LogP contribution in [0.25, 0.3) is 0 Å². The molecule has 0 saturated heterocycles. The standard InChI is InChI=1S/C15H15N3O5S/c1-18(2)14(19)12-9-6-10-16-13(12)24(21,22)17-15(20)23-11-7-4-3-5-8-11/h3-10H,1-2H3,(H,17,20). The summed E-state index contributed by atoms with van der Waals surface area (Å²) in [7, 11) is -1.42. The summed E-state index contributed by atoms with van der Waals surface area (Å²) in [4.78, 5) is 28.8. The molecule has 0 saturated carbocycles. The van der Waals surface area contributed by atoms with Crippen molar-refractivity contribution < 1.29 is 22.7 Å². The largest absolute Gasteiger partial charge is 0.426 e. The zero-order valence-corrected chi connectivity index (χ0v) is 13.8. The van der Waals surface area contributed by atoms with Crippen LogP contribution in [0.4, 0.5) is 4.79 Å². The third-order valence-electron chi connectivity index (χ3n) is 2.83. The van der Waals surface area contributed by atoms with E-state index in [1.165, 1.54) is 49.5 Å². The van der Waals surface area contributed by atoms with Gasteiger partial charge in [-0.3, -0.25) is 4.79 Å². The molecule has 2 aromatic rings. The van der Waals surface area contributed by atoms with Gasteiger partial charge in [0.2, 0.25) is 0 Å². The lowest BCUT2D eigenvalue weighted by atomic mass is 10.2. The van der Waals surface area contributed by atoms with Crippen LogP contribution in [0.1, 0.15) is 10.4 Å². The Labute approximate surface area is 139 Å². The van der Waals surface area contributed by atoms with E-state index in [2.05, 4.69) is 4.98 Å². The molecule has 0 spiro atoms. The summed E-state index contributed by atoms with van der Waals surface area (Å²) in [6.07, 6.45) is 0.0129. The molecule has 24 heavy (non-hydrogen) atoms. The fourth-order valence-electron chi connectivity index (χ4n) is 1.78. The SMILES string of the molecule is CN(C)C(=O)c1cccnc1S(=O)(=O)NC(=O)Oc1ccccc1. The van der Waals surface area contributed by atoms with Gasteiger partial charge in [0.25, 0.3) is 15.9 Å². The number of aromatic nitrogens is 1. The van der Waals surface area contributed by atoms with Gasteiger partial charge in [-0.2, -0.15) is 8.42 Å². The lowest BCUT2D eigenvalue weighted by molar-refractivity contribution is 0.0823. The average molecular weight is 349 g/mol. The molecule has 1 N–H and O–H groups in total. The third-order valence-corrected chi connectivity index (χ3v) is 4.10. The first-order valence-corrected chi connectivity index (χ1v) is 8.26. The molecule has 0 aliphatic heterocycles. The summed E-state index contributed by atoms with van der Waals surface area (Å²) in [6.45, 7) is 0. The fourth-order valence-corrected chi connectivity index (χ4v) is 2.79. The van der Waals surface area contributed by atoms with Crippen LogP contribution in [0.3, 0.4) is 0 Å². The van der Waals surface area contributed by atoms with E-state index in [1.807, 2.05) is 0 Å².